The van der Waals surface area contributed by atoms with Crippen molar-refractivity contribution in [3.8, 4) is 0 Å². The van der Waals surface area contributed by atoms with E-state index in [-0.39, 0.29) is 5.60 Å². The molecule has 16 heavy (non-hydrogen) atoms. The highest BCUT2D eigenvalue weighted by molar-refractivity contribution is 5.21. The van der Waals surface area contributed by atoms with Gasteiger partial charge in [0.25, 0.3) is 0 Å². The van der Waals surface area contributed by atoms with Crippen LogP contribution in [0.3, 0.4) is 0 Å². The highest BCUT2D eigenvalue weighted by Gasteiger charge is 2.50. The summed E-state index contributed by atoms with van der Waals surface area (Å²) < 4.78 is 6.03. The lowest BCUT2D eigenvalue weighted by molar-refractivity contribution is -0.105. The van der Waals surface area contributed by atoms with Gasteiger partial charge in [0.1, 0.15) is 0 Å². The Kier molecular flexibility index (Phi) is 2.94. The molecule has 0 amide bonds. The maximum Gasteiger partial charge on any atom is 0.0719 e. The lowest BCUT2D eigenvalue weighted by atomic mass is 9.54. The molecule has 92 valence electrons. The summed E-state index contributed by atoms with van der Waals surface area (Å²) in [4.78, 5) is 0. The zero-order chi connectivity index (χ0) is 12.0. The van der Waals surface area contributed by atoms with Gasteiger partial charge >= 0.3 is 0 Å². The molecule has 2 aliphatic carbocycles. The van der Waals surface area contributed by atoms with Crippen molar-refractivity contribution < 1.29 is 4.74 Å². The molecule has 0 heterocycles. The topological polar surface area (TPSA) is 9.23 Å². The van der Waals surface area contributed by atoms with Crippen molar-refractivity contribution in [1.29, 1.82) is 0 Å². The van der Waals surface area contributed by atoms with Crippen LogP contribution in [0.4, 0.5) is 0 Å². The zero-order valence-corrected chi connectivity index (χ0v) is 11.3. The maximum absolute atomic E-state index is 6.03. The van der Waals surface area contributed by atoms with Gasteiger partial charge in [0.05, 0.1) is 5.60 Å². The Morgan fingerprint density at radius 3 is 2.44 bits per heavy atom. The van der Waals surface area contributed by atoms with Crippen LogP contribution in [0.25, 0.3) is 0 Å². The molecule has 0 aromatic rings. The Balaban J connectivity index is 2.23. The SMILES string of the molecule is C=C1[C@@H]2CCC(C)(OCC)[C@H]1CCC2(C)C. The summed E-state index contributed by atoms with van der Waals surface area (Å²) in [7, 11) is 0. The first-order valence-corrected chi connectivity index (χ1v) is 6.73. The smallest absolute Gasteiger partial charge is 0.0719 e. The van der Waals surface area contributed by atoms with E-state index < -0.39 is 0 Å². The van der Waals surface area contributed by atoms with Crippen LogP contribution in [0.2, 0.25) is 0 Å². The van der Waals surface area contributed by atoms with Gasteiger partial charge in [0.2, 0.25) is 0 Å². The van der Waals surface area contributed by atoms with Gasteiger partial charge in [-0.3, -0.25) is 0 Å². The molecule has 1 heteroatoms. The summed E-state index contributed by atoms with van der Waals surface area (Å²) in [6, 6.07) is 0. The van der Waals surface area contributed by atoms with E-state index >= 15 is 0 Å². The Morgan fingerprint density at radius 1 is 1.19 bits per heavy atom. The van der Waals surface area contributed by atoms with Gasteiger partial charge in [-0.25, -0.2) is 0 Å². The fourth-order valence-corrected chi connectivity index (χ4v) is 4.00. The van der Waals surface area contributed by atoms with Gasteiger partial charge in [0, 0.05) is 12.5 Å². The van der Waals surface area contributed by atoms with Crippen molar-refractivity contribution >= 4 is 0 Å². The second-order valence-corrected chi connectivity index (χ2v) is 6.49. The number of rotatable bonds is 2. The quantitative estimate of drug-likeness (QED) is 0.637. The first-order valence-electron chi connectivity index (χ1n) is 6.73. The molecule has 3 atom stereocenters. The third-order valence-corrected chi connectivity index (χ3v) is 5.06. The van der Waals surface area contributed by atoms with Gasteiger partial charge < -0.3 is 4.74 Å². The van der Waals surface area contributed by atoms with E-state index in [0.717, 1.165) is 12.5 Å². The fraction of sp³-hybridized carbons (Fsp3) is 0.867. The number of hydrogen-bond donors (Lipinski definition) is 0. The van der Waals surface area contributed by atoms with Crippen molar-refractivity contribution in [2.75, 3.05) is 6.61 Å². The van der Waals surface area contributed by atoms with Gasteiger partial charge in [0.15, 0.2) is 0 Å². The van der Waals surface area contributed by atoms with Crippen LogP contribution in [-0.2, 0) is 4.74 Å². The van der Waals surface area contributed by atoms with Crippen LogP contribution >= 0.6 is 0 Å². The first kappa shape index (κ1) is 12.2. The van der Waals surface area contributed by atoms with Crippen LogP contribution in [-0.4, -0.2) is 12.2 Å². The summed E-state index contributed by atoms with van der Waals surface area (Å²) in [6.45, 7) is 14.4. The summed E-state index contributed by atoms with van der Waals surface area (Å²) in [6.07, 6.45) is 5.06. The Bertz CT molecular complexity index is 292. The standard InChI is InChI=1S/C15H26O/c1-6-16-15(5)10-8-12-11(2)13(15)7-9-14(12,3)4/h12-13H,2,6-10H2,1,3-5H3/t12-,13-,15?/m0/s1. The van der Waals surface area contributed by atoms with Crippen LogP contribution in [0.15, 0.2) is 12.2 Å². The number of fused-ring (bicyclic) bond motifs is 2. The van der Waals surface area contributed by atoms with E-state index in [9.17, 15) is 0 Å². The molecule has 2 bridgehead atoms. The molecule has 0 N–H and O–H groups in total. The highest BCUT2D eigenvalue weighted by Crippen LogP contribution is 2.56. The molecule has 0 aromatic carbocycles. The molecule has 1 nitrogen and oxygen atoms in total. The van der Waals surface area contributed by atoms with Gasteiger partial charge in [-0.15, -0.1) is 0 Å². The van der Waals surface area contributed by atoms with E-state index in [0.29, 0.717) is 11.3 Å². The largest absolute Gasteiger partial charge is 0.375 e. The van der Waals surface area contributed by atoms with E-state index in [2.05, 4.69) is 34.3 Å². The molecular formula is C15H26O. The third-order valence-electron chi connectivity index (χ3n) is 5.06. The molecule has 0 saturated heterocycles. The predicted octanol–water partition coefficient (Wildman–Crippen LogP) is 4.18. The van der Waals surface area contributed by atoms with Gasteiger partial charge in [-0.05, 0) is 50.9 Å². The lowest BCUT2D eigenvalue weighted by Crippen LogP contribution is -2.50. The first-order chi connectivity index (χ1) is 7.41. The second kappa shape index (κ2) is 3.87. The minimum absolute atomic E-state index is 0.0683. The molecule has 2 rings (SSSR count). The summed E-state index contributed by atoms with van der Waals surface area (Å²) in [5, 5.41) is 0. The fourth-order valence-electron chi connectivity index (χ4n) is 4.00. The average molecular weight is 222 g/mol. The van der Waals surface area contributed by atoms with Crippen molar-refractivity contribution in [1.82, 2.24) is 0 Å². The van der Waals surface area contributed by atoms with Crippen LogP contribution < -0.4 is 0 Å². The maximum atomic E-state index is 6.03. The van der Waals surface area contributed by atoms with Crippen molar-refractivity contribution in [2.24, 2.45) is 17.3 Å². The second-order valence-electron chi connectivity index (χ2n) is 6.49. The minimum Gasteiger partial charge on any atom is -0.375 e. The Morgan fingerprint density at radius 2 is 1.81 bits per heavy atom. The summed E-state index contributed by atoms with van der Waals surface area (Å²) >= 11 is 0. The molecule has 0 aromatic heterocycles. The van der Waals surface area contributed by atoms with E-state index in [1.54, 1.807) is 0 Å². The highest BCUT2D eigenvalue weighted by atomic mass is 16.5. The number of hydrogen-bond acceptors (Lipinski definition) is 1. The van der Waals surface area contributed by atoms with E-state index in [1.807, 2.05) is 0 Å². The van der Waals surface area contributed by atoms with Gasteiger partial charge in [-0.2, -0.15) is 0 Å². The van der Waals surface area contributed by atoms with E-state index in [1.165, 1.54) is 31.3 Å². The number of ether oxygens (including phenoxy) is 1. The van der Waals surface area contributed by atoms with Crippen LogP contribution in [0.1, 0.15) is 53.4 Å². The average Bonchev–Trinajstić information content (AvgIpc) is 2.15. The van der Waals surface area contributed by atoms with Crippen molar-refractivity contribution in [2.45, 2.75) is 59.0 Å². The molecule has 0 spiro atoms. The molecule has 2 fully saturated rings. The lowest BCUT2D eigenvalue weighted by Gasteiger charge is -2.54. The van der Waals surface area contributed by atoms with E-state index in [4.69, 9.17) is 4.74 Å². The third kappa shape index (κ3) is 1.73. The van der Waals surface area contributed by atoms with Crippen molar-refractivity contribution in [3.63, 3.8) is 0 Å². The Hall–Kier alpha value is -0.300. The summed E-state index contributed by atoms with van der Waals surface area (Å²) in [5.74, 6) is 1.32. The Labute approximate surface area is 100 Å². The molecule has 0 aliphatic heterocycles. The predicted molar refractivity (Wildman–Crippen MR) is 68.4 cm³/mol. The molecule has 0 radical (unpaired) electrons. The van der Waals surface area contributed by atoms with Crippen molar-refractivity contribution in [3.05, 3.63) is 12.2 Å². The molecule has 2 aliphatic rings. The monoisotopic (exact) mass is 222 g/mol. The molecular weight excluding hydrogens is 196 g/mol. The summed E-state index contributed by atoms with van der Waals surface area (Å²) in [5.41, 5.74) is 2.00. The normalized spacial score (nSPS) is 42.1. The zero-order valence-electron chi connectivity index (χ0n) is 11.3. The van der Waals surface area contributed by atoms with Gasteiger partial charge in [-0.1, -0.05) is 26.0 Å². The molecule has 2 saturated carbocycles. The van der Waals surface area contributed by atoms with Crippen LogP contribution in [0, 0.1) is 17.3 Å². The minimum atomic E-state index is 0.0683. The van der Waals surface area contributed by atoms with Crippen LogP contribution in [0.5, 0.6) is 0 Å². The molecule has 1 unspecified atom stereocenters.